The van der Waals surface area contributed by atoms with Crippen molar-refractivity contribution in [1.29, 1.82) is 0 Å². The van der Waals surface area contributed by atoms with Gasteiger partial charge in [0.05, 0.1) is 8.07 Å². The molecule has 0 unspecified atom stereocenters. The Hall–Kier alpha value is 0.397. The Morgan fingerprint density at radius 2 is 2.00 bits per heavy atom. The number of thiophene rings is 1. The molecular weight excluding hydrogens is 224 g/mol. The zero-order valence-corrected chi connectivity index (χ0v) is 9.84. The summed E-state index contributed by atoms with van der Waals surface area (Å²) in [5.74, 6) is 0. The predicted octanol–water partition coefficient (Wildman–Crippen LogP) is 3.06. The van der Waals surface area contributed by atoms with E-state index in [-0.39, 0.29) is 0 Å². The SMILES string of the molecule is C[Si](C)(C)c1sccc1Br. The molecule has 0 N–H and O–H groups in total. The zero-order valence-electron chi connectivity index (χ0n) is 6.44. The van der Waals surface area contributed by atoms with Crippen molar-refractivity contribution in [3.63, 3.8) is 0 Å². The predicted molar refractivity (Wildman–Crippen MR) is 55.0 cm³/mol. The first-order chi connectivity index (χ1) is 4.52. The second-order valence-electron chi connectivity index (χ2n) is 3.35. The number of hydrogen-bond donors (Lipinski definition) is 0. The van der Waals surface area contributed by atoms with Crippen molar-refractivity contribution in [3.8, 4) is 0 Å². The quantitative estimate of drug-likeness (QED) is 0.656. The van der Waals surface area contributed by atoms with Crippen molar-refractivity contribution >= 4 is 39.8 Å². The molecule has 0 radical (unpaired) electrons. The van der Waals surface area contributed by atoms with Gasteiger partial charge in [0.2, 0.25) is 0 Å². The summed E-state index contributed by atoms with van der Waals surface area (Å²) in [6, 6.07) is 2.14. The molecule has 0 amide bonds. The summed E-state index contributed by atoms with van der Waals surface area (Å²) in [7, 11) is -1.05. The Bertz CT molecular complexity index is 224. The van der Waals surface area contributed by atoms with Crippen LogP contribution in [-0.4, -0.2) is 8.07 Å². The van der Waals surface area contributed by atoms with Gasteiger partial charge in [0, 0.05) is 8.97 Å². The Kier molecular flexibility index (Phi) is 2.37. The van der Waals surface area contributed by atoms with Crippen molar-refractivity contribution in [2.45, 2.75) is 19.6 Å². The lowest BCUT2D eigenvalue weighted by Gasteiger charge is -2.13. The van der Waals surface area contributed by atoms with Gasteiger partial charge in [0.25, 0.3) is 0 Å². The molecular formula is C7H11BrSSi. The molecule has 10 heavy (non-hydrogen) atoms. The maximum Gasteiger partial charge on any atom is 0.0919 e. The monoisotopic (exact) mass is 234 g/mol. The molecule has 3 heteroatoms. The van der Waals surface area contributed by atoms with Gasteiger partial charge >= 0.3 is 0 Å². The topological polar surface area (TPSA) is 0 Å². The van der Waals surface area contributed by atoms with Crippen molar-refractivity contribution in [2.75, 3.05) is 0 Å². The first-order valence-electron chi connectivity index (χ1n) is 3.25. The molecule has 1 rings (SSSR count). The molecule has 0 saturated heterocycles. The van der Waals surface area contributed by atoms with Crippen LogP contribution >= 0.6 is 27.3 Å². The summed E-state index contributed by atoms with van der Waals surface area (Å²) in [6.45, 7) is 7.09. The average Bonchev–Trinajstić information content (AvgIpc) is 2.11. The molecule has 0 aliphatic rings. The van der Waals surface area contributed by atoms with Crippen molar-refractivity contribution in [3.05, 3.63) is 15.9 Å². The number of halogens is 1. The van der Waals surface area contributed by atoms with E-state index in [9.17, 15) is 0 Å². The Morgan fingerprint density at radius 3 is 2.20 bits per heavy atom. The highest BCUT2D eigenvalue weighted by atomic mass is 79.9. The molecule has 0 bridgehead atoms. The molecule has 0 nitrogen and oxygen atoms in total. The summed E-state index contributed by atoms with van der Waals surface area (Å²) in [6.07, 6.45) is 0. The molecule has 0 saturated carbocycles. The van der Waals surface area contributed by atoms with Gasteiger partial charge in [-0.15, -0.1) is 0 Å². The third kappa shape index (κ3) is 1.71. The lowest BCUT2D eigenvalue weighted by molar-refractivity contribution is 1.76. The van der Waals surface area contributed by atoms with E-state index in [0.29, 0.717) is 0 Å². The second-order valence-corrected chi connectivity index (χ2v) is 10.5. The highest BCUT2D eigenvalue weighted by Gasteiger charge is 2.20. The van der Waals surface area contributed by atoms with Crippen LogP contribution in [0, 0.1) is 0 Å². The smallest absolute Gasteiger partial charge is 0.0919 e. The van der Waals surface area contributed by atoms with Crippen molar-refractivity contribution in [2.24, 2.45) is 0 Å². The van der Waals surface area contributed by atoms with E-state index in [1.807, 2.05) is 11.3 Å². The minimum absolute atomic E-state index is 1.05. The molecule has 1 aromatic heterocycles. The van der Waals surface area contributed by atoms with Gasteiger partial charge in [0.1, 0.15) is 0 Å². The van der Waals surface area contributed by atoms with E-state index in [1.165, 1.54) is 4.47 Å². The van der Waals surface area contributed by atoms with Crippen LogP contribution in [0.5, 0.6) is 0 Å². The maximum atomic E-state index is 3.55. The summed E-state index contributed by atoms with van der Waals surface area (Å²) in [5.41, 5.74) is 0. The van der Waals surface area contributed by atoms with Crippen LogP contribution in [0.2, 0.25) is 19.6 Å². The van der Waals surface area contributed by atoms with Gasteiger partial charge in [-0.05, 0) is 11.4 Å². The van der Waals surface area contributed by atoms with E-state index in [1.54, 1.807) is 4.50 Å². The van der Waals surface area contributed by atoms with Gasteiger partial charge in [-0.25, -0.2) is 0 Å². The molecule has 0 fully saturated rings. The molecule has 0 aromatic carbocycles. The molecule has 0 aliphatic carbocycles. The maximum absolute atomic E-state index is 3.55. The number of hydrogen-bond acceptors (Lipinski definition) is 1. The molecule has 1 heterocycles. The van der Waals surface area contributed by atoms with Gasteiger partial charge < -0.3 is 0 Å². The average molecular weight is 235 g/mol. The van der Waals surface area contributed by atoms with Gasteiger partial charge in [0.15, 0.2) is 0 Å². The molecule has 0 spiro atoms. The third-order valence-electron chi connectivity index (χ3n) is 1.30. The fourth-order valence-corrected chi connectivity index (χ4v) is 6.14. The fourth-order valence-electron chi connectivity index (χ4n) is 0.829. The van der Waals surface area contributed by atoms with Gasteiger partial charge in [-0.3, -0.25) is 0 Å². The summed E-state index contributed by atoms with van der Waals surface area (Å²) >= 11 is 5.42. The summed E-state index contributed by atoms with van der Waals surface area (Å²) in [5, 5.41) is 2.15. The Morgan fingerprint density at radius 1 is 1.40 bits per heavy atom. The Labute approximate surface area is 75.4 Å². The molecule has 0 aliphatic heterocycles. The van der Waals surface area contributed by atoms with Crippen LogP contribution in [-0.2, 0) is 0 Å². The van der Waals surface area contributed by atoms with Crippen LogP contribution in [0.3, 0.4) is 0 Å². The first-order valence-corrected chi connectivity index (χ1v) is 8.42. The van der Waals surface area contributed by atoms with Crippen LogP contribution in [0.4, 0.5) is 0 Å². The first kappa shape index (κ1) is 8.49. The van der Waals surface area contributed by atoms with E-state index in [4.69, 9.17) is 0 Å². The minimum atomic E-state index is -1.05. The van der Waals surface area contributed by atoms with E-state index in [0.717, 1.165) is 0 Å². The summed E-state index contributed by atoms with van der Waals surface area (Å²) in [4.78, 5) is 0. The normalized spacial score (nSPS) is 12.0. The highest BCUT2D eigenvalue weighted by Crippen LogP contribution is 2.17. The summed E-state index contributed by atoms with van der Waals surface area (Å²) < 4.78 is 2.86. The highest BCUT2D eigenvalue weighted by molar-refractivity contribution is 9.10. The molecule has 56 valence electrons. The van der Waals surface area contributed by atoms with Crippen LogP contribution in [0.15, 0.2) is 15.9 Å². The lowest BCUT2D eigenvalue weighted by atomic mass is 10.7. The van der Waals surface area contributed by atoms with Gasteiger partial charge in [-0.2, -0.15) is 11.3 Å². The fraction of sp³-hybridized carbons (Fsp3) is 0.429. The number of rotatable bonds is 1. The van der Waals surface area contributed by atoms with E-state index >= 15 is 0 Å². The molecule has 1 aromatic rings. The van der Waals surface area contributed by atoms with Crippen molar-refractivity contribution in [1.82, 2.24) is 0 Å². The largest absolute Gasteiger partial charge is 0.152 e. The van der Waals surface area contributed by atoms with Crippen molar-refractivity contribution < 1.29 is 0 Å². The van der Waals surface area contributed by atoms with E-state index in [2.05, 4.69) is 47.0 Å². The van der Waals surface area contributed by atoms with Crippen LogP contribution in [0.1, 0.15) is 0 Å². The Balaban J connectivity index is 3.05. The standard InChI is InChI=1S/C7H11BrSSi/c1-10(2,3)7-6(8)4-5-9-7/h4-5H,1-3H3. The lowest BCUT2D eigenvalue weighted by Crippen LogP contribution is -2.35. The second kappa shape index (κ2) is 2.79. The molecule has 0 atom stereocenters. The van der Waals surface area contributed by atoms with Crippen LogP contribution in [0.25, 0.3) is 0 Å². The van der Waals surface area contributed by atoms with Crippen LogP contribution < -0.4 is 4.50 Å². The van der Waals surface area contributed by atoms with E-state index < -0.39 is 8.07 Å². The zero-order chi connectivity index (χ0) is 7.78. The third-order valence-corrected chi connectivity index (χ3v) is 7.14. The minimum Gasteiger partial charge on any atom is -0.152 e. The van der Waals surface area contributed by atoms with Gasteiger partial charge in [-0.1, -0.05) is 35.6 Å².